The van der Waals surface area contributed by atoms with Crippen LogP contribution in [0.5, 0.6) is 0 Å². The molecule has 27 heavy (non-hydrogen) atoms. The van der Waals surface area contributed by atoms with E-state index in [1.165, 1.54) is 0 Å². The predicted octanol–water partition coefficient (Wildman–Crippen LogP) is 5.35. The van der Waals surface area contributed by atoms with Crippen LogP contribution in [0, 0.1) is 13.8 Å². The lowest BCUT2D eigenvalue weighted by molar-refractivity contribution is 0.589. The largest absolute Gasteiger partial charge is 0.361 e. The molecule has 1 N–H and O–H groups in total. The highest BCUT2D eigenvalue weighted by atomic mass is 32.2. The molecule has 0 spiro atoms. The van der Waals surface area contributed by atoms with Crippen LogP contribution in [0.15, 0.2) is 83.9 Å². The van der Waals surface area contributed by atoms with Crippen molar-refractivity contribution < 1.29 is 8.42 Å². The van der Waals surface area contributed by atoms with E-state index in [2.05, 4.69) is 4.98 Å². The number of fused-ring (bicyclic) bond motifs is 1. The summed E-state index contributed by atoms with van der Waals surface area (Å²) in [6.07, 6.45) is 1.83. The van der Waals surface area contributed by atoms with Crippen molar-refractivity contribution in [1.82, 2.24) is 4.98 Å². The van der Waals surface area contributed by atoms with Crippen molar-refractivity contribution in [1.29, 1.82) is 0 Å². The Balaban J connectivity index is 2.00. The molecule has 4 aromatic rings. The summed E-state index contributed by atoms with van der Waals surface area (Å²) in [5.41, 5.74) is 4.52. The molecule has 4 heteroatoms. The van der Waals surface area contributed by atoms with Gasteiger partial charge < -0.3 is 4.98 Å². The van der Waals surface area contributed by atoms with E-state index in [4.69, 9.17) is 0 Å². The molecule has 3 nitrogen and oxygen atoms in total. The summed E-state index contributed by atoms with van der Waals surface area (Å²) in [5, 5.41) is 0.166. The normalized spacial score (nSPS) is 13.0. The van der Waals surface area contributed by atoms with Gasteiger partial charge >= 0.3 is 0 Å². The Hall–Kier alpha value is -2.85. The van der Waals surface area contributed by atoms with E-state index >= 15 is 0 Å². The Morgan fingerprint density at radius 2 is 1.44 bits per heavy atom. The first-order valence-corrected chi connectivity index (χ1v) is 10.5. The van der Waals surface area contributed by atoms with Crippen LogP contribution in [0.2, 0.25) is 0 Å². The van der Waals surface area contributed by atoms with E-state index in [1.54, 1.807) is 12.1 Å². The molecule has 0 bridgehead atoms. The van der Waals surface area contributed by atoms with E-state index < -0.39 is 15.1 Å². The number of rotatable bonds is 4. The highest BCUT2D eigenvalue weighted by Crippen LogP contribution is 2.39. The number of benzene rings is 3. The average molecular weight is 375 g/mol. The smallest absolute Gasteiger partial charge is 0.189 e. The van der Waals surface area contributed by atoms with Gasteiger partial charge in [0.2, 0.25) is 0 Å². The van der Waals surface area contributed by atoms with Crippen molar-refractivity contribution in [3.8, 4) is 0 Å². The van der Waals surface area contributed by atoms with Crippen molar-refractivity contribution in [2.45, 2.75) is 24.0 Å². The predicted molar refractivity (Wildman–Crippen MR) is 110 cm³/mol. The molecule has 0 aliphatic heterocycles. The zero-order valence-corrected chi connectivity index (χ0v) is 16.1. The van der Waals surface area contributed by atoms with Crippen molar-refractivity contribution >= 4 is 20.7 Å². The maximum Gasteiger partial charge on any atom is 0.189 e. The molecule has 0 amide bonds. The number of hydrogen-bond acceptors (Lipinski definition) is 2. The van der Waals surface area contributed by atoms with Crippen molar-refractivity contribution in [2.24, 2.45) is 0 Å². The Morgan fingerprint density at radius 1 is 0.778 bits per heavy atom. The number of aromatic amines is 1. The van der Waals surface area contributed by atoms with Gasteiger partial charge in [0.05, 0.1) is 4.90 Å². The molecule has 136 valence electrons. The van der Waals surface area contributed by atoms with Gasteiger partial charge in [0.1, 0.15) is 5.25 Å². The molecule has 0 aliphatic carbocycles. The third-order valence-electron chi connectivity index (χ3n) is 5.03. The fraction of sp³-hybridized carbons (Fsp3) is 0.130. The Kier molecular flexibility index (Phi) is 4.36. The van der Waals surface area contributed by atoms with Crippen LogP contribution in [0.25, 0.3) is 10.9 Å². The second kappa shape index (κ2) is 6.71. The van der Waals surface area contributed by atoms with Gasteiger partial charge in [-0.1, -0.05) is 60.2 Å². The lowest BCUT2D eigenvalue weighted by atomic mass is 9.99. The van der Waals surface area contributed by atoms with E-state index in [-0.39, 0.29) is 0 Å². The minimum Gasteiger partial charge on any atom is -0.361 e. The topological polar surface area (TPSA) is 49.9 Å². The summed E-state index contributed by atoms with van der Waals surface area (Å²) in [7, 11) is -3.63. The molecule has 0 saturated heterocycles. The zero-order chi connectivity index (χ0) is 19.0. The van der Waals surface area contributed by atoms with Crippen LogP contribution >= 0.6 is 0 Å². The fourth-order valence-corrected chi connectivity index (χ4v) is 5.47. The van der Waals surface area contributed by atoms with E-state index in [9.17, 15) is 8.42 Å². The number of nitrogens with one attached hydrogen (secondary N) is 1. The number of sulfone groups is 1. The molecule has 0 saturated carbocycles. The maximum absolute atomic E-state index is 13.7. The van der Waals surface area contributed by atoms with E-state index in [1.807, 2.05) is 80.7 Å². The lowest BCUT2D eigenvalue weighted by Gasteiger charge is -2.20. The zero-order valence-electron chi connectivity index (χ0n) is 15.3. The second-order valence-electron chi connectivity index (χ2n) is 6.88. The Labute approximate surface area is 159 Å². The SMILES string of the molecule is Cc1ccc(S(=O)(=O)C(c2ccccc2C)c2c[nH]c3ccccc23)cc1. The number of aromatic nitrogens is 1. The molecule has 4 rings (SSSR count). The fourth-order valence-electron chi connectivity index (χ4n) is 3.56. The molecule has 1 unspecified atom stereocenters. The first kappa shape index (κ1) is 17.6. The lowest BCUT2D eigenvalue weighted by Crippen LogP contribution is -2.16. The van der Waals surface area contributed by atoms with Crippen molar-refractivity contribution in [2.75, 3.05) is 0 Å². The molecule has 1 heterocycles. The molecule has 3 aromatic carbocycles. The number of H-pyrrole nitrogens is 1. The van der Waals surface area contributed by atoms with Gasteiger partial charge in [0.25, 0.3) is 0 Å². The Morgan fingerprint density at radius 3 is 2.19 bits per heavy atom. The van der Waals surface area contributed by atoms with Crippen molar-refractivity contribution in [3.05, 3.63) is 101 Å². The third kappa shape index (κ3) is 3.06. The average Bonchev–Trinajstić information content (AvgIpc) is 3.08. The summed E-state index contributed by atoms with van der Waals surface area (Å²) >= 11 is 0. The molecule has 0 aliphatic rings. The number of para-hydroxylation sites is 1. The van der Waals surface area contributed by atoms with Gasteiger partial charge in [-0.3, -0.25) is 0 Å². The minimum absolute atomic E-state index is 0.339. The van der Waals surface area contributed by atoms with Crippen LogP contribution in [-0.4, -0.2) is 13.4 Å². The number of aryl methyl sites for hydroxylation is 2. The summed E-state index contributed by atoms with van der Waals surface area (Å²) < 4.78 is 27.4. The third-order valence-corrected chi connectivity index (χ3v) is 7.09. The quantitative estimate of drug-likeness (QED) is 0.523. The molecule has 1 aromatic heterocycles. The van der Waals surface area contributed by atoms with Crippen LogP contribution < -0.4 is 0 Å². The molecule has 0 radical (unpaired) electrons. The van der Waals surface area contributed by atoms with Crippen LogP contribution in [0.4, 0.5) is 0 Å². The highest BCUT2D eigenvalue weighted by molar-refractivity contribution is 7.92. The van der Waals surface area contributed by atoms with Gasteiger partial charge in [-0.25, -0.2) is 8.42 Å². The van der Waals surface area contributed by atoms with Crippen LogP contribution in [0.1, 0.15) is 27.5 Å². The van der Waals surface area contributed by atoms with Crippen molar-refractivity contribution in [3.63, 3.8) is 0 Å². The first-order chi connectivity index (χ1) is 13.0. The van der Waals surface area contributed by atoms with Gasteiger partial charge in [-0.15, -0.1) is 0 Å². The first-order valence-electron chi connectivity index (χ1n) is 8.90. The summed E-state index contributed by atoms with van der Waals surface area (Å²) in [6.45, 7) is 3.91. The summed E-state index contributed by atoms with van der Waals surface area (Å²) in [5.74, 6) is 0. The van der Waals surface area contributed by atoms with Gasteiger partial charge in [-0.2, -0.15) is 0 Å². The van der Waals surface area contributed by atoms with Crippen LogP contribution in [-0.2, 0) is 9.84 Å². The summed E-state index contributed by atoms with van der Waals surface area (Å²) in [4.78, 5) is 3.57. The summed E-state index contributed by atoms with van der Waals surface area (Å²) in [6, 6.07) is 22.6. The molecule has 0 fully saturated rings. The van der Waals surface area contributed by atoms with E-state index in [0.29, 0.717) is 4.90 Å². The molecular weight excluding hydrogens is 354 g/mol. The van der Waals surface area contributed by atoms with Crippen LogP contribution in [0.3, 0.4) is 0 Å². The minimum atomic E-state index is -3.63. The monoisotopic (exact) mass is 375 g/mol. The van der Waals surface area contributed by atoms with Gasteiger partial charge in [0.15, 0.2) is 9.84 Å². The van der Waals surface area contributed by atoms with E-state index in [0.717, 1.165) is 33.2 Å². The Bertz CT molecular complexity index is 1200. The second-order valence-corrected chi connectivity index (χ2v) is 8.92. The molecular formula is C23H21NO2S. The maximum atomic E-state index is 13.7. The van der Waals surface area contributed by atoms with Gasteiger partial charge in [0, 0.05) is 22.7 Å². The molecule has 1 atom stereocenters. The highest BCUT2D eigenvalue weighted by Gasteiger charge is 2.33. The number of hydrogen-bond donors (Lipinski definition) is 1. The van der Waals surface area contributed by atoms with Gasteiger partial charge in [-0.05, 0) is 43.2 Å². The standard InChI is InChI=1S/C23H21NO2S/c1-16-11-13-18(14-12-16)27(25,26)23(19-8-4-3-7-17(19)2)21-15-24-22-10-6-5-9-20(21)22/h3-15,23-24H,1-2H3.